The van der Waals surface area contributed by atoms with Crippen molar-refractivity contribution < 1.29 is 8.42 Å². The number of benzene rings is 1. The smallest absolute Gasteiger partial charge is 0.240 e. The summed E-state index contributed by atoms with van der Waals surface area (Å²) < 4.78 is 27.8. The van der Waals surface area contributed by atoms with E-state index < -0.39 is 10.0 Å². The molecule has 1 heterocycles. The van der Waals surface area contributed by atoms with Crippen LogP contribution in [0.5, 0.6) is 0 Å². The fraction of sp³-hybridized carbons (Fsp3) is 0.250. The van der Waals surface area contributed by atoms with Crippen molar-refractivity contribution in [2.45, 2.75) is 18.2 Å². The van der Waals surface area contributed by atoms with Crippen LogP contribution in [0.1, 0.15) is 13.3 Å². The van der Waals surface area contributed by atoms with Gasteiger partial charge in [0.25, 0.3) is 0 Å². The quantitative estimate of drug-likeness (QED) is 0.880. The number of aromatic nitrogens is 2. The Balaban J connectivity index is 2.26. The number of hydrogen-bond donors (Lipinski definition) is 2. The number of anilines is 1. The highest BCUT2D eigenvalue weighted by molar-refractivity contribution is 7.89. The molecule has 2 rings (SSSR count). The van der Waals surface area contributed by atoms with Crippen molar-refractivity contribution in [2.75, 3.05) is 12.3 Å². The molecule has 0 aliphatic heterocycles. The number of nitrogen functional groups attached to an aromatic ring is 1. The highest BCUT2D eigenvalue weighted by Crippen LogP contribution is 2.19. The molecular formula is C12H15ClN4O2S. The molecule has 108 valence electrons. The third-order valence-corrected chi connectivity index (χ3v) is 4.42. The van der Waals surface area contributed by atoms with Gasteiger partial charge in [-0.1, -0.05) is 18.5 Å². The first-order valence-electron chi connectivity index (χ1n) is 6.05. The van der Waals surface area contributed by atoms with Gasteiger partial charge in [-0.2, -0.15) is 0 Å². The van der Waals surface area contributed by atoms with Gasteiger partial charge in [0.2, 0.25) is 10.0 Å². The molecule has 0 atom stereocenters. The van der Waals surface area contributed by atoms with Crippen LogP contribution in [0.25, 0.3) is 5.69 Å². The molecular weight excluding hydrogens is 300 g/mol. The van der Waals surface area contributed by atoms with E-state index in [0.29, 0.717) is 17.3 Å². The standard InChI is InChI=1S/C12H15ClN4O2S/c1-2-7-15-20(18,19)10-5-3-9(4-6-10)17-8-11(13)12(14)16-17/h3-6,8,15H,2,7H2,1H3,(H2,14,16). The summed E-state index contributed by atoms with van der Waals surface area (Å²) in [6, 6.07) is 6.31. The highest BCUT2D eigenvalue weighted by atomic mass is 35.5. The minimum absolute atomic E-state index is 0.209. The molecule has 0 aliphatic carbocycles. The van der Waals surface area contributed by atoms with E-state index in [1.165, 1.54) is 16.8 Å². The molecule has 1 aromatic heterocycles. The number of hydrogen-bond acceptors (Lipinski definition) is 4. The van der Waals surface area contributed by atoms with Gasteiger partial charge in [-0.3, -0.25) is 0 Å². The van der Waals surface area contributed by atoms with E-state index in [1.54, 1.807) is 18.3 Å². The summed E-state index contributed by atoms with van der Waals surface area (Å²) in [7, 11) is -3.45. The normalized spacial score (nSPS) is 11.7. The number of sulfonamides is 1. The first-order chi connectivity index (χ1) is 9.44. The Morgan fingerprint density at radius 3 is 2.50 bits per heavy atom. The number of nitrogens with two attached hydrogens (primary N) is 1. The van der Waals surface area contributed by atoms with Gasteiger partial charge in [0, 0.05) is 6.54 Å². The lowest BCUT2D eigenvalue weighted by molar-refractivity contribution is 0.581. The predicted octanol–water partition coefficient (Wildman–Crippen LogP) is 1.80. The maximum absolute atomic E-state index is 11.9. The Morgan fingerprint density at radius 1 is 1.35 bits per heavy atom. The summed E-state index contributed by atoms with van der Waals surface area (Å²) >= 11 is 5.83. The van der Waals surface area contributed by atoms with Crippen LogP contribution in [0.15, 0.2) is 35.4 Å². The summed E-state index contributed by atoms with van der Waals surface area (Å²) in [5, 5.41) is 4.37. The monoisotopic (exact) mass is 314 g/mol. The van der Waals surface area contributed by atoms with Crippen molar-refractivity contribution in [2.24, 2.45) is 0 Å². The first kappa shape index (κ1) is 14.8. The van der Waals surface area contributed by atoms with Crippen molar-refractivity contribution in [1.82, 2.24) is 14.5 Å². The van der Waals surface area contributed by atoms with Crippen molar-refractivity contribution in [3.05, 3.63) is 35.5 Å². The van der Waals surface area contributed by atoms with Gasteiger partial charge in [-0.05, 0) is 30.7 Å². The first-order valence-corrected chi connectivity index (χ1v) is 7.91. The third-order valence-electron chi connectivity index (χ3n) is 2.65. The van der Waals surface area contributed by atoms with Crippen LogP contribution in [0.4, 0.5) is 5.82 Å². The summed E-state index contributed by atoms with van der Waals surface area (Å²) in [4.78, 5) is 0.209. The Bertz CT molecular complexity index is 675. The molecule has 0 aliphatic rings. The van der Waals surface area contributed by atoms with Gasteiger partial charge in [-0.25, -0.2) is 17.8 Å². The molecule has 8 heteroatoms. The number of halogens is 1. The summed E-state index contributed by atoms with van der Waals surface area (Å²) in [5.74, 6) is 0.230. The lowest BCUT2D eigenvalue weighted by atomic mass is 10.3. The molecule has 0 saturated heterocycles. The molecule has 6 nitrogen and oxygen atoms in total. The second-order valence-electron chi connectivity index (χ2n) is 4.20. The number of rotatable bonds is 5. The van der Waals surface area contributed by atoms with Crippen LogP contribution < -0.4 is 10.5 Å². The lowest BCUT2D eigenvalue weighted by Crippen LogP contribution is -2.24. The van der Waals surface area contributed by atoms with Crippen LogP contribution >= 0.6 is 11.6 Å². The van der Waals surface area contributed by atoms with Gasteiger partial charge >= 0.3 is 0 Å². The number of nitrogens with one attached hydrogen (secondary N) is 1. The summed E-state index contributed by atoms with van der Waals surface area (Å²) in [6.07, 6.45) is 2.30. The van der Waals surface area contributed by atoms with E-state index in [9.17, 15) is 8.42 Å². The largest absolute Gasteiger partial charge is 0.381 e. The molecule has 0 bridgehead atoms. The average Bonchev–Trinajstić information content (AvgIpc) is 2.77. The van der Waals surface area contributed by atoms with Crippen LogP contribution in [0, 0.1) is 0 Å². The summed E-state index contributed by atoms with van der Waals surface area (Å²) in [6.45, 7) is 2.31. The van der Waals surface area contributed by atoms with Crippen LogP contribution in [-0.4, -0.2) is 24.7 Å². The second kappa shape index (κ2) is 5.82. The Hall–Kier alpha value is -1.57. The molecule has 2 aromatic rings. The maximum Gasteiger partial charge on any atom is 0.240 e. The van der Waals surface area contributed by atoms with Crippen molar-refractivity contribution in [3.63, 3.8) is 0 Å². The average molecular weight is 315 g/mol. The molecule has 0 unspecified atom stereocenters. The van der Waals surface area contributed by atoms with E-state index in [4.69, 9.17) is 17.3 Å². The highest BCUT2D eigenvalue weighted by Gasteiger charge is 2.13. The number of nitrogens with zero attached hydrogens (tertiary/aromatic N) is 2. The maximum atomic E-state index is 11.9. The lowest BCUT2D eigenvalue weighted by Gasteiger charge is -2.06. The zero-order chi connectivity index (χ0) is 14.8. The zero-order valence-electron chi connectivity index (χ0n) is 10.9. The molecule has 3 N–H and O–H groups in total. The van der Waals surface area contributed by atoms with Crippen molar-refractivity contribution in [3.8, 4) is 5.69 Å². The minimum atomic E-state index is -3.45. The third kappa shape index (κ3) is 3.12. The fourth-order valence-corrected chi connectivity index (χ4v) is 2.86. The Morgan fingerprint density at radius 2 is 2.00 bits per heavy atom. The molecule has 20 heavy (non-hydrogen) atoms. The molecule has 0 amide bonds. The van der Waals surface area contributed by atoms with E-state index in [1.807, 2.05) is 6.92 Å². The summed E-state index contributed by atoms with van der Waals surface area (Å²) in [5.41, 5.74) is 6.24. The topological polar surface area (TPSA) is 90.0 Å². The second-order valence-corrected chi connectivity index (χ2v) is 6.37. The Kier molecular flexibility index (Phi) is 4.32. The van der Waals surface area contributed by atoms with E-state index in [0.717, 1.165) is 6.42 Å². The van der Waals surface area contributed by atoms with Crippen LogP contribution in [0.2, 0.25) is 5.02 Å². The van der Waals surface area contributed by atoms with E-state index in [-0.39, 0.29) is 10.7 Å². The van der Waals surface area contributed by atoms with Gasteiger partial charge in [0.1, 0.15) is 5.02 Å². The predicted molar refractivity (Wildman–Crippen MR) is 78.5 cm³/mol. The molecule has 1 aromatic carbocycles. The zero-order valence-corrected chi connectivity index (χ0v) is 12.4. The Labute approximate surface area is 122 Å². The SMILES string of the molecule is CCCNS(=O)(=O)c1ccc(-n2cc(Cl)c(N)n2)cc1. The van der Waals surface area contributed by atoms with Crippen LogP contribution in [-0.2, 0) is 10.0 Å². The van der Waals surface area contributed by atoms with Gasteiger partial charge < -0.3 is 5.73 Å². The van der Waals surface area contributed by atoms with Gasteiger partial charge in [-0.15, -0.1) is 5.10 Å². The molecule has 0 radical (unpaired) electrons. The van der Waals surface area contributed by atoms with Gasteiger partial charge in [0.05, 0.1) is 16.8 Å². The van der Waals surface area contributed by atoms with Gasteiger partial charge in [0.15, 0.2) is 5.82 Å². The minimum Gasteiger partial charge on any atom is -0.381 e. The van der Waals surface area contributed by atoms with Crippen molar-refractivity contribution >= 4 is 27.4 Å². The van der Waals surface area contributed by atoms with Crippen molar-refractivity contribution in [1.29, 1.82) is 0 Å². The fourth-order valence-electron chi connectivity index (χ4n) is 1.60. The van der Waals surface area contributed by atoms with E-state index in [2.05, 4.69) is 9.82 Å². The van der Waals surface area contributed by atoms with Crippen LogP contribution in [0.3, 0.4) is 0 Å². The molecule has 0 fully saturated rings. The molecule has 0 saturated carbocycles. The molecule has 0 spiro atoms. The van der Waals surface area contributed by atoms with E-state index >= 15 is 0 Å².